The minimum absolute atomic E-state index is 0.628. The van der Waals surface area contributed by atoms with Crippen molar-refractivity contribution in [1.29, 1.82) is 0 Å². The lowest BCUT2D eigenvalue weighted by Gasteiger charge is -2.21. The zero-order valence-electron chi connectivity index (χ0n) is 7.68. The van der Waals surface area contributed by atoms with Crippen LogP contribution < -0.4 is 0 Å². The molecule has 0 N–H and O–H groups in total. The first kappa shape index (κ1) is 9.24. The normalized spacial score (nSPS) is 23.1. The van der Waals surface area contributed by atoms with Crippen LogP contribution in [0.25, 0.3) is 0 Å². The summed E-state index contributed by atoms with van der Waals surface area (Å²) in [5.41, 5.74) is 2.58. The van der Waals surface area contributed by atoms with E-state index in [1.807, 2.05) is 0 Å². The molecular formula is C11H16O. The Morgan fingerprint density at radius 2 is 2.58 bits per heavy atom. The van der Waals surface area contributed by atoms with E-state index < -0.39 is 0 Å². The molecule has 1 rings (SSSR count). The van der Waals surface area contributed by atoms with E-state index in [1.54, 1.807) is 0 Å². The second kappa shape index (κ2) is 4.24. The van der Waals surface area contributed by atoms with Gasteiger partial charge in [0.25, 0.3) is 0 Å². The van der Waals surface area contributed by atoms with Crippen LogP contribution in [0.4, 0.5) is 0 Å². The molecule has 0 saturated carbocycles. The van der Waals surface area contributed by atoms with Gasteiger partial charge < -0.3 is 4.79 Å². The maximum absolute atomic E-state index is 10.2. The van der Waals surface area contributed by atoms with E-state index >= 15 is 0 Å². The van der Waals surface area contributed by atoms with Gasteiger partial charge in [0, 0.05) is 6.42 Å². The lowest BCUT2D eigenvalue weighted by molar-refractivity contribution is -0.107. The second-order valence-corrected chi connectivity index (χ2v) is 3.55. The molecule has 1 aliphatic carbocycles. The Morgan fingerprint density at radius 3 is 3.00 bits per heavy atom. The molecule has 0 amide bonds. The highest BCUT2D eigenvalue weighted by molar-refractivity contribution is 5.54. The molecular weight excluding hydrogens is 148 g/mol. The average molecular weight is 164 g/mol. The van der Waals surface area contributed by atoms with Crippen LogP contribution >= 0.6 is 0 Å². The van der Waals surface area contributed by atoms with E-state index in [2.05, 4.69) is 19.6 Å². The van der Waals surface area contributed by atoms with Crippen molar-refractivity contribution in [2.24, 2.45) is 5.92 Å². The van der Waals surface area contributed by atoms with E-state index in [4.69, 9.17) is 0 Å². The fourth-order valence-corrected chi connectivity index (χ4v) is 1.63. The Morgan fingerprint density at radius 1 is 1.83 bits per heavy atom. The maximum atomic E-state index is 10.2. The van der Waals surface area contributed by atoms with Gasteiger partial charge >= 0.3 is 0 Å². The minimum Gasteiger partial charge on any atom is -0.303 e. The van der Waals surface area contributed by atoms with Gasteiger partial charge in [0.05, 0.1) is 0 Å². The summed E-state index contributed by atoms with van der Waals surface area (Å²) in [7, 11) is 0. The molecule has 0 aliphatic heterocycles. The first-order chi connectivity index (χ1) is 5.74. The van der Waals surface area contributed by atoms with E-state index in [-0.39, 0.29) is 0 Å². The fraction of sp³-hybridized carbons (Fsp3) is 0.545. The third-order valence-electron chi connectivity index (χ3n) is 2.55. The van der Waals surface area contributed by atoms with Crippen molar-refractivity contribution in [2.75, 3.05) is 0 Å². The van der Waals surface area contributed by atoms with Crippen LogP contribution in [0.1, 0.15) is 32.6 Å². The van der Waals surface area contributed by atoms with Crippen LogP contribution in [0.3, 0.4) is 0 Å². The summed E-state index contributed by atoms with van der Waals surface area (Å²) in [6.07, 6.45) is 7.16. The van der Waals surface area contributed by atoms with Gasteiger partial charge in [0.15, 0.2) is 0 Å². The first-order valence-electron chi connectivity index (χ1n) is 4.51. The number of rotatable bonds is 3. The van der Waals surface area contributed by atoms with E-state index in [0.717, 1.165) is 19.1 Å². The molecule has 1 atom stereocenters. The van der Waals surface area contributed by atoms with Crippen LogP contribution in [-0.2, 0) is 4.79 Å². The number of carbonyl (C=O) groups is 1. The van der Waals surface area contributed by atoms with Crippen LogP contribution in [-0.4, -0.2) is 6.29 Å². The number of hydrogen-bond donors (Lipinski definition) is 0. The second-order valence-electron chi connectivity index (χ2n) is 3.55. The Labute approximate surface area is 74.2 Å². The minimum atomic E-state index is 0.628. The molecule has 1 nitrogen and oxygen atoms in total. The standard InChI is InChI=1S/C11H16O/c1-9(2)11-5-3-10(4-6-11)7-8-12/h3,8,11H,1,4-7H2,2H3. The third-order valence-corrected chi connectivity index (χ3v) is 2.55. The zero-order valence-corrected chi connectivity index (χ0v) is 7.68. The van der Waals surface area contributed by atoms with Crippen molar-refractivity contribution in [3.8, 4) is 0 Å². The van der Waals surface area contributed by atoms with Gasteiger partial charge in [-0.1, -0.05) is 23.8 Å². The SMILES string of the molecule is C=C(C)C1CC=C(CC=O)CC1. The molecule has 1 heteroatoms. The van der Waals surface area contributed by atoms with E-state index in [0.29, 0.717) is 12.3 Å². The largest absolute Gasteiger partial charge is 0.303 e. The monoisotopic (exact) mass is 164 g/mol. The van der Waals surface area contributed by atoms with Gasteiger partial charge in [-0.05, 0) is 32.1 Å². The van der Waals surface area contributed by atoms with Crippen molar-refractivity contribution in [3.63, 3.8) is 0 Å². The lowest BCUT2D eigenvalue weighted by Crippen LogP contribution is -2.06. The Bertz CT molecular complexity index is 213. The number of aldehydes is 1. The van der Waals surface area contributed by atoms with Crippen molar-refractivity contribution < 1.29 is 4.79 Å². The number of hydrogen-bond acceptors (Lipinski definition) is 1. The van der Waals surface area contributed by atoms with Crippen LogP contribution in [0.5, 0.6) is 0 Å². The van der Waals surface area contributed by atoms with Gasteiger partial charge in [-0.2, -0.15) is 0 Å². The summed E-state index contributed by atoms with van der Waals surface area (Å²) in [5, 5.41) is 0. The molecule has 0 aromatic heterocycles. The third kappa shape index (κ3) is 2.33. The van der Waals surface area contributed by atoms with Crippen LogP contribution in [0.15, 0.2) is 23.8 Å². The van der Waals surface area contributed by atoms with Crippen molar-refractivity contribution in [2.45, 2.75) is 32.6 Å². The van der Waals surface area contributed by atoms with Crippen molar-refractivity contribution in [3.05, 3.63) is 23.8 Å². The van der Waals surface area contributed by atoms with Gasteiger partial charge in [-0.15, -0.1) is 0 Å². The number of allylic oxidation sites excluding steroid dienone is 3. The first-order valence-corrected chi connectivity index (χ1v) is 4.51. The molecule has 1 unspecified atom stereocenters. The highest BCUT2D eigenvalue weighted by atomic mass is 16.1. The predicted octanol–water partition coefficient (Wildman–Crippen LogP) is 2.88. The maximum Gasteiger partial charge on any atom is 0.124 e. The molecule has 0 aromatic rings. The smallest absolute Gasteiger partial charge is 0.124 e. The highest BCUT2D eigenvalue weighted by Gasteiger charge is 2.13. The molecule has 66 valence electrons. The summed E-state index contributed by atoms with van der Waals surface area (Å²) in [6, 6.07) is 0. The number of carbonyl (C=O) groups excluding carboxylic acids is 1. The highest BCUT2D eigenvalue weighted by Crippen LogP contribution is 2.28. The van der Waals surface area contributed by atoms with Gasteiger partial charge in [0.2, 0.25) is 0 Å². The van der Waals surface area contributed by atoms with Crippen molar-refractivity contribution in [1.82, 2.24) is 0 Å². The predicted molar refractivity (Wildman–Crippen MR) is 50.9 cm³/mol. The van der Waals surface area contributed by atoms with Crippen molar-refractivity contribution >= 4 is 6.29 Å². The zero-order chi connectivity index (χ0) is 8.97. The quantitative estimate of drug-likeness (QED) is 0.463. The molecule has 0 spiro atoms. The summed E-state index contributed by atoms with van der Waals surface area (Å²) in [4.78, 5) is 10.2. The Hall–Kier alpha value is -0.850. The van der Waals surface area contributed by atoms with Gasteiger partial charge in [0.1, 0.15) is 6.29 Å². The average Bonchev–Trinajstić information content (AvgIpc) is 2.06. The summed E-state index contributed by atoms with van der Waals surface area (Å²) >= 11 is 0. The van der Waals surface area contributed by atoms with Gasteiger partial charge in [-0.3, -0.25) is 0 Å². The van der Waals surface area contributed by atoms with E-state index in [1.165, 1.54) is 17.6 Å². The lowest BCUT2D eigenvalue weighted by atomic mass is 9.85. The molecule has 1 aliphatic rings. The van der Waals surface area contributed by atoms with E-state index in [9.17, 15) is 4.79 Å². The fourth-order valence-electron chi connectivity index (χ4n) is 1.63. The van der Waals surface area contributed by atoms with Crippen LogP contribution in [0.2, 0.25) is 0 Å². The molecule has 0 bridgehead atoms. The summed E-state index contributed by atoms with van der Waals surface area (Å²) in [5.74, 6) is 0.653. The van der Waals surface area contributed by atoms with Crippen LogP contribution in [0, 0.1) is 5.92 Å². The Balaban J connectivity index is 2.47. The molecule has 0 saturated heterocycles. The molecule has 12 heavy (non-hydrogen) atoms. The topological polar surface area (TPSA) is 17.1 Å². The molecule has 0 radical (unpaired) electrons. The molecule has 0 aromatic carbocycles. The Kier molecular flexibility index (Phi) is 3.27. The summed E-state index contributed by atoms with van der Waals surface area (Å²) < 4.78 is 0. The molecule has 0 fully saturated rings. The molecule has 0 heterocycles. The van der Waals surface area contributed by atoms with Gasteiger partial charge in [-0.25, -0.2) is 0 Å². The summed E-state index contributed by atoms with van der Waals surface area (Å²) in [6.45, 7) is 6.04.